The highest BCUT2D eigenvalue weighted by Gasteiger charge is 2.30. The topological polar surface area (TPSA) is 237 Å². The number of esters is 4. The summed E-state index contributed by atoms with van der Waals surface area (Å²) in [5.74, 6) is 0.924. The molecule has 17 nitrogen and oxygen atoms in total. The van der Waals surface area contributed by atoms with Crippen molar-refractivity contribution in [2.75, 3.05) is 39.6 Å². The lowest BCUT2D eigenvalue weighted by Crippen LogP contribution is -2.30. The maximum absolute atomic E-state index is 13.1. The molecule has 0 rings (SSSR count). The molecular formula is C79H154O17P2. The molecule has 3 N–H and O–H groups in total. The molecule has 0 heterocycles. The Hall–Kier alpha value is -1.94. The molecule has 0 aromatic heterocycles. The Kier molecular flexibility index (Phi) is 66.8. The van der Waals surface area contributed by atoms with E-state index in [2.05, 4.69) is 55.4 Å². The van der Waals surface area contributed by atoms with Gasteiger partial charge in [-0.25, -0.2) is 9.13 Å². The zero-order chi connectivity index (χ0) is 72.4. The predicted molar refractivity (Wildman–Crippen MR) is 400 cm³/mol. The Labute approximate surface area is 600 Å². The molecule has 0 saturated heterocycles. The fourth-order valence-electron chi connectivity index (χ4n) is 12.0. The normalized spacial score (nSPS) is 14.3. The fraction of sp³-hybridized carbons (Fsp3) is 0.949. The van der Waals surface area contributed by atoms with Gasteiger partial charge >= 0.3 is 39.5 Å². The van der Waals surface area contributed by atoms with Crippen LogP contribution in [0.5, 0.6) is 0 Å². The molecule has 98 heavy (non-hydrogen) atoms. The van der Waals surface area contributed by atoms with Crippen molar-refractivity contribution in [3.05, 3.63) is 0 Å². The molecule has 0 aliphatic carbocycles. The van der Waals surface area contributed by atoms with E-state index in [4.69, 9.17) is 37.0 Å². The van der Waals surface area contributed by atoms with Crippen LogP contribution in [0.25, 0.3) is 0 Å². The summed E-state index contributed by atoms with van der Waals surface area (Å²) in [4.78, 5) is 72.8. The zero-order valence-electron chi connectivity index (χ0n) is 64.4. The number of phosphoric acid groups is 2. The highest BCUT2D eigenvalue weighted by molar-refractivity contribution is 7.47. The second kappa shape index (κ2) is 68.2. The second-order valence-electron chi connectivity index (χ2n) is 30.1. The number of hydrogen-bond acceptors (Lipinski definition) is 15. The van der Waals surface area contributed by atoms with Crippen LogP contribution >= 0.6 is 15.6 Å². The highest BCUT2D eigenvalue weighted by Crippen LogP contribution is 2.45. The van der Waals surface area contributed by atoms with Gasteiger partial charge < -0.3 is 33.8 Å². The first-order valence-electron chi connectivity index (χ1n) is 40.7. The minimum Gasteiger partial charge on any atom is -0.462 e. The van der Waals surface area contributed by atoms with Crippen molar-refractivity contribution in [2.24, 2.45) is 23.7 Å². The number of carbonyl (C=O) groups excluding carboxylic acids is 4. The maximum Gasteiger partial charge on any atom is 0.472 e. The van der Waals surface area contributed by atoms with Gasteiger partial charge in [0, 0.05) is 25.7 Å². The van der Waals surface area contributed by atoms with Crippen LogP contribution in [0.15, 0.2) is 0 Å². The Bertz CT molecular complexity index is 1920. The third kappa shape index (κ3) is 71.1. The first kappa shape index (κ1) is 96.1. The molecule has 0 aromatic rings. The van der Waals surface area contributed by atoms with Crippen molar-refractivity contribution in [3.8, 4) is 0 Å². The fourth-order valence-corrected chi connectivity index (χ4v) is 13.6. The minimum absolute atomic E-state index is 0.102. The van der Waals surface area contributed by atoms with Crippen LogP contribution in [0.2, 0.25) is 0 Å². The van der Waals surface area contributed by atoms with Gasteiger partial charge in [0.25, 0.3) is 0 Å². The van der Waals surface area contributed by atoms with E-state index < -0.39 is 97.5 Å². The van der Waals surface area contributed by atoms with Crippen molar-refractivity contribution in [1.29, 1.82) is 0 Å². The van der Waals surface area contributed by atoms with Crippen LogP contribution in [-0.2, 0) is 65.4 Å². The quantitative estimate of drug-likeness (QED) is 0.0222. The van der Waals surface area contributed by atoms with Gasteiger partial charge in [-0.05, 0) is 49.4 Å². The smallest absolute Gasteiger partial charge is 0.462 e. The monoisotopic (exact) mass is 1440 g/mol. The van der Waals surface area contributed by atoms with Crippen LogP contribution in [0.4, 0.5) is 0 Å². The average molecular weight is 1440 g/mol. The highest BCUT2D eigenvalue weighted by atomic mass is 31.2. The van der Waals surface area contributed by atoms with Crippen molar-refractivity contribution >= 4 is 39.5 Å². The second-order valence-corrected chi connectivity index (χ2v) is 33.0. The predicted octanol–water partition coefficient (Wildman–Crippen LogP) is 23.2. The van der Waals surface area contributed by atoms with Crippen molar-refractivity contribution in [2.45, 2.75) is 420 Å². The molecule has 0 amide bonds. The van der Waals surface area contributed by atoms with E-state index in [1.807, 2.05) is 0 Å². The third-order valence-corrected chi connectivity index (χ3v) is 20.6. The lowest BCUT2D eigenvalue weighted by atomic mass is 10.00. The maximum atomic E-state index is 13.1. The van der Waals surface area contributed by atoms with Crippen molar-refractivity contribution in [1.82, 2.24) is 0 Å². The van der Waals surface area contributed by atoms with Gasteiger partial charge in [-0.2, -0.15) is 0 Å². The summed E-state index contributed by atoms with van der Waals surface area (Å²) in [5.41, 5.74) is 0. The van der Waals surface area contributed by atoms with E-state index in [1.165, 1.54) is 199 Å². The molecule has 582 valence electrons. The van der Waals surface area contributed by atoms with Gasteiger partial charge in [0.15, 0.2) is 12.2 Å². The molecule has 0 fully saturated rings. The van der Waals surface area contributed by atoms with E-state index in [-0.39, 0.29) is 25.7 Å². The molecule has 6 atom stereocenters. The van der Waals surface area contributed by atoms with Crippen LogP contribution < -0.4 is 0 Å². The number of aliphatic hydroxyl groups excluding tert-OH is 1. The number of hydrogen-bond donors (Lipinski definition) is 3. The summed E-state index contributed by atoms with van der Waals surface area (Å²) in [6.45, 7) is 14.2. The molecule has 0 aromatic carbocycles. The molecule has 0 bridgehead atoms. The summed E-state index contributed by atoms with van der Waals surface area (Å²) >= 11 is 0. The van der Waals surface area contributed by atoms with Gasteiger partial charge in [0.2, 0.25) is 0 Å². The third-order valence-electron chi connectivity index (χ3n) is 18.7. The molecule has 0 spiro atoms. The van der Waals surface area contributed by atoms with E-state index in [1.54, 1.807) is 0 Å². The Morgan fingerprint density at radius 3 is 0.724 bits per heavy atom. The molecule has 0 saturated carbocycles. The van der Waals surface area contributed by atoms with Gasteiger partial charge in [0.1, 0.15) is 19.3 Å². The summed E-state index contributed by atoms with van der Waals surface area (Å²) in [5, 5.41) is 10.6. The lowest BCUT2D eigenvalue weighted by Gasteiger charge is -2.21. The van der Waals surface area contributed by atoms with Crippen molar-refractivity contribution < 1.29 is 80.2 Å². The summed E-state index contributed by atoms with van der Waals surface area (Å²) < 4.78 is 68.6. The average Bonchev–Trinajstić information content (AvgIpc) is 1.07. The van der Waals surface area contributed by atoms with Crippen LogP contribution in [0.1, 0.15) is 402 Å². The SMILES string of the molecule is CCC(C)CCCCCCCCC(=O)OC[C@H](COP(=O)(O)OC[C@H](O)COP(=O)(O)OC[C@@H](COC(=O)CCCCCCCCCCCCCCCCCCCCC(C)C)OC(=O)CCCCCCCCCCCCCCCCC(C)C)OC(=O)CCCCCCCCCC(C)C. The van der Waals surface area contributed by atoms with Gasteiger partial charge in [0.05, 0.1) is 26.4 Å². The number of phosphoric ester groups is 2. The number of carbonyl (C=O) groups is 4. The summed E-state index contributed by atoms with van der Waals surface area (Å²) in [6, 6.07) is 0. The standard InChI is InChI=1S/C79H154O17P2/c1-9-72(8)58-50-42-37-38-44-52-60-77(82)90-66-75(96-79(84)62-54-46-36-30-33-41-49-57-71(6)7)68-94-98(87,88)92-64-73(80)63-91-97(85,86)93-67-74(95-78(83)61-53-45-35-29-25-21-17-16-19-23-27-32-40-48-56-70(4)5)65-89-76(81)59-51-43-34-28-24-20-15-13-11-10-12-14-18-22-26-31-39-47-55-69(2)3/h69-75,80H,9-68H2,1-8H3,(H,85,86)(H,87,88)/t72?,73-,74-,75-/m1/s1. The van der Waals surface area contributed by atoms with Crippen LogP contribution in [-0.4, -0.2) is 96.7 Å². The van der Waals surface area contributed by atoms with Gasteiger partial charge in [-0.3, -0.25) is 37.3 Å². The van der Waals surface area contributed by atoms with E-state index in [9.17, 15) is 43.2 Å². The Morgan fingerprint density at radius 2 is 0.490 bits per heavy atom. The zero-order valence-corrected chi connectivity index (χ0v) is 66.2. The number of unbranched alkanes of at least 4 members (excludes halogenated alkanes) is 41. The van der Waals surface area contributed by atoms with E-state index in [0.29, 0.717) is 31.6 Å². The first-order valence-corrected chi connectivity index (χ1v) is 43.7. The number of ether oxygens (including phenoxy) is 4. The largest absolute Gasteiger partial charge is 0.472 e. The summed E-state index contributed by atoms with van der Waals surface area (Å²) in [7, 11) is -9.92. The minimum atomic E-state index is -4.96. The molecule has 19 heteroatoms. The number of aliphatic hydroxyl groups is 1. The van der Waals surface area contributed by atoms with E-state index >= 15 is 0 Å². The van der Waals surface area contributed by atoms with Crippen molar-refractivity contribution in [3.63, 3.8) is 0 Å². The molecular weight excluding hydrogens is 1280 g/mol. The van der Waals surface area contributed by atoms with Crippen LogP contribution in [0, 0.1) is 23.7 Å². The molecule has 0 aliphatic heterocycles. The molecule has 3 unspecified atom stereocenters. The number of rotatable bonds is 76. The summed E-state index contributed by atoms with van der Waals surface area (Å²) in [6.07, 6.45) is 54.4. The van der Waals surface area contributed by atoms with E-state index in [0.717, 1.165) is 114 Å². The van der Waals surface area contributed by atoms with Gasteiger partial charge in [-0.15, -0.1) is 0 Å². The first-order chi connectivity index (χ1) is 47.1. The molecule has 0 aliphatic rings. The Balaban J connectivity index is 5.19. The molecule has 0 radical (unpaired) electrons. The van der Waals surface area contributed by atoms with Crippen LogP contribution in [0.3, 0.4) is 0 Å². The Morgan fingerprint density at radius 1 is 0.286 bits per heavy atom. The lowest BCUT2D eigenvalue weighted by molar-refractivity contribution is -0.161. The van der Waals surface area contributed by atoms with Gasteiger partial charge in [-0.1, -0.05) is 351 Å².